The van der Waals surface area contributed by atoms with E-state index in [9.17, 15) is 14.2 Å². The van der Waals surface area contributed by atoms with Gasteiger partial charge in [-0.2, -0.15) is 0 Å². The summed E-state index contributed by atoms with van der Waals surface area (Å²) < 4.78 is 32.5. The molecule has 1 aromatic carbocycles. The van der Waals surface area contributed by atoms with Gasteiger partial charge in [0.25, 0.3) is 0 Å². The fourth-order valence-electron chi connectivity index (χ4n) is 1.80. The molecule has 1 rings (SSSR count). The molecule has 1 N–H and O–H groups in total. The molecule has 24 heavy (non-hydrogen) atoms. The maximum Gasteiger partial charge on any atom is 0.408 e. The zero-order valence-electron chi connectivity index (χ0n) is 13.9. The predicted octanol–water partition coefficient (Wildman–Crippen LogP) is 2.68. The summed E-state index contributed by atoms with van der Waals surface area (Å²) in [5.41, 5.74) is 0.764. The SMILES string of the molecule is CCOP(=O)(OCC)[C@H](NC(=O)OCc1ccccc1)C(=O)OC. The van der Waals surface area contributed by atoms with E-state index >= 15 is 0 Å². The van der Waals surface area contributed by atoms with Crippen molar-refractivity contribution in [1.29, 1.82) is 0 Å². The molecule has 1 amide bonds. The molecule has 1 atom stereocenters. The molecule has 0 bridgehead atoms. The molecule has 0 saturated carbocycles. The van der Waals surface area contributed by atoms with Gasteiger partial charge in [0, 0.05) is 0 Å². The number of carbonyl (C=O) groups excluding carboxylic acids is 2. The molecule has 9 heteroatoms. The average Bonchev–Trinajstić information content (AvgIpc) is 2.58. The van der Waals surface area contributed by atoms with Crippen molar-refractivity contribution in [1.82, 2.24) is 5.32 Å². The topological polar surface area (TPSA) is 100 Å². The highest BCUT2D eigenvalue weighted by atomic mass is 31.2. The van der Waals surface area contributed by atoms with E-state index in [1.165, 1.54) is 0 Å². The number of esters is 1. The first-order valence-electron chi connectivity index (χ1n) is 7.40. The normalized spacial score (nSPS) is 12.3. The van der Waals surface area contributed by atoms with E-state index in [1.807, 2.05) is 6.07 Å². The first-order chi connectivity index (χ1) is 11.5. The molecule has 134 valence electrons. The van der Waals surface area contributed by atoms with Crippen LogP contribution in [-0.2, 0) is 34.5 Å². The molecular formula is C15H22NO7P. The monoisotopic (exact) mass is 359 g/mol. The molecule has 0 unspecified atom stereocenters. The van der Waals surface area contributed by atoms with Gasteiger partial charge in [-0.05, 0) is 19.4 Å². The van der Waals surface area contributed by atoms with E-state index in [0.717, 1.165) is 12.7 Å². The number of nitrogens with one attached hydrogen (secondary N) is 1. The largest absolute Gasteiger partial charge is 0.467 e. The van der Waals surface area contributed by atoms with Crippen molar-refractivity contribution in [3.63, 3.8) is 0 Å². The van der Waals surface area contributed by atoms with Crippen LogP contribution in [0.4, 0.5) is 4.79 Å². The second kappa shape index (κ2) is 10.1. The lowest BCUT2D eigenvalue weighted by Crippen LogP contribution is -2.42. The number of hydrogen-bond donors (Lipinski definition) is 1. The Morgan fingerprint density at radius 1 is 1.12 bits per heavy atom. The number of carbonyl (C=O) groups is 2. The van der Waals surface area contributed by atoms with E-state index in [0.29, 0.717) is 0 Å². The van der Waals surface area contributed by atoms with Crippen LogP contribution in [0.1, 0.15) is 19.4 Å². The Labute approximate surface area is 141 Å². The molecular weight excluding hydrogens is 337 g/mol. The van der Waals surface area contributed by atoms with Gasteiger partial charge in [0.2, 0.25) is 5.78 Å². The van der Waals surface area contributed by atoms with Gasteiger partial charge in [0.1, 0.15) is 6.61 Å². The molecule has 0 aliphatic rings. The molecule has 1 aromatic rings. The van der Waals surface area contributed by atoms with Crippen LogP contribution >= 0.6 is 7.60 Å². The van der Waals surface area contributed by atoms with Crippen LogP contribution in [0.25, 0.3) is 0 Å². The van der Waals surface area contributed by atoms with Gasteiger partial charge in [-0.25, -0.2) is 9.59 Å². The van der Waals surface area contributed by atoms with Gasteiger partial charge in [-0.1, -0.05) is 30.3 Å². The van der Waals surface area contributed by atoms with Crippen molar-refractivity contribution in [2.45, 2.75) is 26.2 Å². The Morgan fingerprint density at radius 3 is 2.21 bits per heavy atom. The first-order valence-corrected chi connectivity index (χ1v) is 9.01. The highest BCUT2D eigenvalue weighted by Gasteiger charge is 2.43. The zero-order chi connectivity index (χ0) is 18.0. The van der Waals surface area contributed by atoms with Crippen molar-refractivity contribution in [2.75, 3.05) is 20.3 Å². The smallest absolute Gasteiger partial charge is 0.408 e. The van der Waals surface area contributed by atoms with Crippen molar-refractivity contribution in [3.05, 3.63) is 35.9 Å². The van der Waals surface area contributed by atoms with Gasteiger partial charge in [-0.3, -0.25) is 9.88 Å². The van der Waals surface area contributed by atoms with Crippen LogP contribution in [0.2, 0.25) is 0 Å². The summed E-state index contributed by atoms with van der Waals surface area (Å²) in [7, 11) is -2.83. The van der Waals surface area contributed by atoms with Crippen molar-refractivity contribution in [2.24, 2.45) is 0 Å². The van der Waals surface area contributed by atoms with Gasteiger partial charge < -0.3 is 18.5 Å². The molecule has 8 nitrogen and oxygen atoms in total. The average molecular weight is 359 g/mol. The second-order valence-electron chi connectivity index (χ2n) is 4.51. The minimum absolute atomic E-state index is 0.00582. The summed E-state index contributed by atoms with van der Waals surface area (Å²) in [6.07, 6.45) is -0.936. The molecule has 0 aliphatic carbocycles. The highest BCUT2D eigenvalue weighted by Crippen LogP contribution is 2.52. The van der Waals surface area contributed by atoms with Crippen LogP contribution < -0.4 is 5.32 Å². The summed E-state index contributed by atoms with van der Waals surface area (Å²) >= 11 is 0. The Balaban J connectivity index is 2.79. The molecule has 0 heterocycles. The summed E-state index contributed by atoms with van der Waals surface area (Å²) in [6.45, 7) is 3.24. The van der Waals surface area contributed by atoms with Crippen molar-refractivity contribution >= 4 is 19.7 Å². The first kappa shape index (κ1) is 20.2. The van der Waals surface area contributed by atoms with E-state index < -0.39 is 25.4 Å². The molecule has 0 fully saturated rings. The van der Waals surface area contributed by atoms with E-state index in [2.05, 4.69) is 10.1 Å². The third kappa shape index (κ3) is 5.96. The van der Waals surface area contributed by atoms with Crippen LogP contribution in [0.3, 0.4) is 0 Å². The second-order valence-corrected chi connectivity index (χ2v) is 6.62. The van der Waals surface area contributed by atoms with Crippen molar-refractivity contribution in [3.8, 4) is 0 Å². The number of rotatable bonds is 9. The lowest BCUT2D eigenvalue weighted by atomic mass is 10.2. The van der Waals surface area contributed by atoms with Gasteiger partial charge >= 0.3 is 19.7 Å². The maximum atomic E-state index is 12.7. The minimum atomic E-state index is -3.94. The van der Waals surface area contributed by atoms with E-state index in [-0.39, 0.29) is 19.8 Å². The van der Waals surface area contributed by atoms with Gasteiger partial charge in [0.05, 0.1) is 20.3 Å². The van der Waals surface area contributed by atoms with E-state index in [4.69, 9.17) is 13.8 Å². The summed E-state index contributed by atoms with van der Waals surface area (Å²) in [5.74, 6) is -2.55. The Kier molecular flexibility index (Phi) is 8.46. The lowest BCUT2D eigenvalue weighted by molar-refractivity contribution is -0.141. The summed E-state index contributed by atoms with van der Waals surface area (Å²) in [6, 6.07) is 8.97. The quantitative estimate of drug-likeness (QED) is 0.534. The van der Waals surface area contributed by atoms with Crippen LogP contribution in [0.5, 0.6) is 0 Å². The van der Waals surface area contributed by atoms with Crippen LogP contribution in [0, 0.1) is 0 Å². The predicted molar refractivity (Wildman–Crippen MR) is 86.4 cm³/mol. The van der Waals surface area contributed by atoms with Crippen molar-refractivity contribution < 1.29 is 32.7 Å². The molecule has 0 saturated heterocycles. The molecule has 0 aromatic heterocycles. The Bertz CT molecular complexity index is 568. The van der Waals surface area contributed by atoms with Crippen LogP contribution in [0.15, 0.2) is 30.3 Å². The molecule has 0 radical (unpaired) electrons. The summed E-state index contributed by atoms with van der Waals surface area (Å²) in [4.78, 5) is 23.8. The molecule has 0 spiro atoms. The highest BCUT2D eigenvalue weighted by molar-refractivity contribution is 7.55. The Hall–Kier alpha value is -1.89. The fraction of sp³-hybridized carbons (Fsp3) is 0.467. The standard InChI is InChI=1S/C15H22NO7P/c1-4-22-24(19,23-5-2)13(14(17)20-3)16-15(18)21-11-12-9-7-6-8-10-12/h6-10,13H,4-5,11H2,1-3H3,(H,16,18)/t13-/m0/s1. The lowest BCUT2D eigenvalue weighted by Gasteiger charge is -2.24. The third-order valence-corrected chi connectivity index (χ3v) is 5.03. The van der Waals surface area contributed by atoms with E-state index in [1.54, 1.807) is 38.1 Å². The number of methoxy groups -OCH3 is 1. The Morgan fingerprint density at radius 2 is 1.71 bits per heavy atom. The third-order valence-electron chi connectivity index (χ3n) is 2.83. The van der Waals surface area contributed by atoms with Gasteiger partial charge in [-0.15, -0.1) is 0 Å². The van der Waals surface area contributed by atoms with Gasteiger partial charge in [0.15, 0.2) is 0 Å². The number of benzene rings is 1. The maximum absolute atomic E-state index is 12.7. The number of ether oxygens (including phenoxy) is 2. The zero-order valence-corrected chi connectivity index (χ0v) is 14.8. The number of amides is 1. The minimum Gasteiger partial charge on any atom is -0.467 e. The van der Waals surface area contributed by atoms with Crippen LogP contribution in [-0.4, -0.2) is 38.2 Å². The number of hydrogen-bond acceptors (Lipinski definition) is 7. The number of alkyl carbamates (subject to hydrolysis) is 1. The fourth-order valence-corrected chi connectivity index (χ4v) is 3.52. The summed E-state index contributed by atoms with van der Waals surface area (Å²) in [5, 5.41) is 2.20. The molecule has 0 aliphatic heterocycles.